The van der Waals surface area contributed by atoms with Crippen molar-refractivity contribution in [2.75, 3.05) is 32.7 Å². The molecule has 0 radical (unpaired) electrons. The summed E-state index contributed by atoms with van der Waals surface area (Å²) in [4.78, 5) is 14.7. The zero-order chi connectivity index (χ0) is 13.5. The number of hydrogen-bond acceptors (Lipinski definition) is 3. The highest BCUT2D eigenvalue weighted by Gasteiger charge is 2.28. The van der Waals surface area contributed by atoms with E-state index in [0.717, 1.165) is 44.7 Å². The summed E-state index contributed by atoms with van der Waals surface area (Å²) in [6, 6.07) is 9.91. The van der Waals surface area contributed by atoms with Crippen LogP contribution in [0.1, 0.15) is 24.9 Å². The molecule has 1 aliphatic rings. The Hall–Kier alpha value is -1.39. The molecule has 4 heteroatoms. The predicted molar refractivity (Wildman–Crippen MR) is 76.9 cm³/mol. The largest absolute Gasteiger partial charge is 0.354 e. The molecule has 0 spiro atoms. The Kier molecular flexibility index (Phi) is 5.36. The molecule has 0 saturated carbocycles. The molecule has 1 aromatic carbocycles. The molecule has 1 unspecified atom stereocenters. The zero-order valence-corrected chi connectivity index (χ0v) is 11.6. The lowest BCUT2D eigenvalue weighted by Crippen LogP contribution is -2.49. The van der Waals surface area contributed by atoms with E-state index in [9.17, 15) is 4.79 Å². The summed E-state index contributed by atoms with van der Waals surface area (Å²) in [5.41, 5.74) is 1.08. The van der Waals surface area contributed by atoms with Crippen LogP contribution >= 0.6 is 0 Å². The first-order valence-electron chi connectivity index (χ1n) is 7.10. The van der Waals surface area contributed by atoms with Crippen molar-refractivity contribution in [3.63, 3.8) is 0 Å². The molecule has 1 aliphatic heterocycles. The minimum Gasteiger partial charge on any atom is -0.354 e. The Bertz CT molecular complexity index is 388. The Morgan fingerprint density at radius 3 is 2.63 bits per heavy atom. The van der Waals surface area contributed by atoms with E-state index in [4.69, 9.17) is 0 Å². The van der Waals surface area contributed by atoms with Crippen LogP contribution < -0.4 is 10.6 Å². The van der Waals surface area contributed by atoms with E-state index < -0.39 is 0 Å². The molecule has 104 valence electrons. The van der Waals surface area contributed by atoms with Crippen LogP contribution in [0.2, 0.25) is 0 Å². The number of piperazine rings is 1. The average molecular weight is 261 g/mol. The van der Waals surface area contributed by atoms with Crippen LogP contribution in [0, 0.1) is 0 Å². The van der Waals surface area contributed by atoms with Crippen molar-refractivity contribution in [2.24, 2.45) is 0 Å². The molecule has 2 N–H and O–H groups in total. The maximum atomic E-state index is 12.4. The predicted octanol–water partition coefficient (Wildman–Crippen LogP) is 1.16. The van der Waals surface area contributed by atoms with E-state index in [2.05, 4.69) is 22.5 Å². The topological polar surface area (TPSA) is 44.4 Å². The molecule has 0 aliphatic carbocycles. The van der Waals surface area contributed by atoms with E-state index in [0.29, 0.717) is 0 Å². The van der Waals surface area contributed by atoms with Gasteiger partial charge in [-0.1, -0.05) is 37.3 Å². The second kappa shape index (κ2) is 7.26. The fraction of sp³-hybridized carbons (Fsp3) is 0.533. The molecule has 1 atom stereocenters. The highest BCUT2D eigenvalue weighted by Crippen LogP contribution is 2.21. The molecule has 1 saturated heterocycles. The number of nitrogens with zero attached hydrogens (tertiary/aromatic N) is 1. The number of carbonyl (C=O) groups excluding carboxylic acids is 1. The molecule has 1 heterocycles. The first-order valence-corrected chi connectivity index (χ1v) is 7.10. The highest BCUT2D eigenvalue weighted by molar-refractivity contribution is 5.83. The third kappa shape index (κ3) is 3.78. The maximum Gasteiger partial charge on any atom is 0.241 e. The van der Waals surface area contributed by atoms with Gasteiger partial charge < -0.3 is 10.6 Å². The van der Waals surface area contributed by atoms with Crippen LogP contribution in [0.3, 0.4) is 0 Å². The van der Waals surface area contributed by atoms with Crippen molar-refractivity contribution in [1.29, 1.82) is 0 Å². The van der Waals surface area contributed by atoms with E-state index in [1.54, 1.807) is 0 Å². The van der Waals surface area contributed by atoms with Crippen molar-refractivity contribution in [3.8, 4) is 0 Å². The Morgan fingerprint density at radius 2 is 2.00 bits per heavy atom. The SMILES string of the molecule is CCCNC(=O)C(c1ccccc1)N1CCNCC1. The molecule has 19 heavy (non-hydrogen) atoms. The molecular weight excluding hydrogens is 238 g/mol. The number of amides is 1. The van der Waals surface area contributed by atoms with Crippen LogP contribution in [0.15, 0.2) is 30.3 Å². The number of nitrogens with one attached hydrogen (secondary N) is 2. The maximum absolute atomic E-state index is 12.4. The lowest BCUT2D eigenvalue weighted by Gasteiger charge is -2.34. The Morgan fingerprint density at radius 1 is 1.32 bits per heavy atom. The van der Waals surface area contributed by atoms with Crippen molar-refractivity contribution >= 4 is 5.91 Å². The molecule has 1 fully saturated rings. The summed E-state index contributed by atoms with van der Waals surface area (Å²) in [5, 5.41) is 6.36. The second-order valence-electron chi connectivity index (χ2n) is 4.89. The van der Waals surface area contributed by atoms with Crippen LogP contribution in [0.25, 0.3) is 0 Å². The summed E-state index contributed by atoms with van der Waals surface area (Å²) in [7, 11) is 0. The van der Waals surface area contributed by atoms with E-state index in [-0.39, 0.29) is 11.9 Å². The summed E-state index contributed by atoms with van der Waals surface area (Å²) >= 11 is 0. The number of carbonyl (C=O) groups is 1. The molecule has 1 aromatic rings. The number of rotatable bonds is 5. The van der Waals surface area contributed by atoms with Gasteiger partial charge in [0.25, 0.3) is 0 Å². The van der Waals surface area contributed by atoms with Crippen molar-refractivity contribution < 1.29 is 4.79 Å². The summed E-state index contributed by atoms with van der Waals surface area (Å²) in [6.07, 6.45) is 0.967. The van der Waals surface area contributed by atoms with Gasteiger partial charge in [0.15, 0.2) is 0 Å². The third-order valence-corrected chi connectivity index (χ3v) is 3.43. The summed E-state index contributed by atoms with van der Waals surface area (Å²) in [6.45, 7) is 6.55. The van der Waals surface area contributed by atoms with Gasteiger partial charge in [-0.3, -0.25) is 9.69 Å². The monoisotopic (exact) mass is 261 g/mol. The fourth-order valence-corrected chi connectivity index (χ4v) is 2.45. The van der Waals surface area contributed by atoms with Crippen LogP contribution in [-0.4, -0.2) is 43.5 Å². The molecule has 1 amide bonds. The van der Waals surface area contributed by atoms with E-state index in [1.807, 2.05) is 30.3 Å². The van der Waals surface area contributed by atoms with E-state index in [1.165, 1.54) is 0 Å². The first kappa shape index (κ1) is 14.0. The second-order valence-corrected chi connectivity index (χ2v) is 4.89. The van der Waals surface area contributed by atoms with Crippen molar-refractivity contribution in [2.45, 2.75) is 19.4 Å². The number of benzene rings is 1. The van der Waals surface area contributed by atoms with Gasteiger partial charge in [0.2, 0.25) is 5.91 Å². The lowest BCUT2D eigenvalue weighted by atomic mass is 10.0. The van der Waals surface area contributed by atoms with Gasteiger partial charge in [-0.05, 0) is 12.0 Å². The highest BCUT2D eigenvalue weighted by atomic mass is 16.2. The minimum atomic E-state index is -0.158. The third-order valence-electron chi connectivity index (χ3n) is 3.43. The van der Waals surface area contributed by atoms with Gasteiger partial charge in [0.1, 0.15) is 6.04 Å². The smallest absolute Gasteiger partial charge is 0.241 e. The summed E-state index contributed by atoms with van der Waals surface area (Å²) < 4.78 is 0. The minimum absolute atomic E-state index is 0.120. The number of hydrogen-bond donors (Lipinski definition) is 2. The Labute approximate surface area is 115 Å². The molecule has 0 bridgehead atoms. The normalized spacial score (nSPS) is 17.9. The lowest BCUT2D eigenvalue weighted by molar-refractivity contribution is -0.127. The molecule has 2 rings (SSSR count). The zero-order valence-electron chi connectivity index (χ0n) is 11.6. The standard InChI is InChI=1S/C15H23N3O/c1-2-8-17-15(19)14(13-6-4-3-5-7-13)18-11-9-16-10-12-18/h3-7,14,16H,2,8-12H2,1H3,(H,17,19). The first-order chi connectivity index (χ1) is 9.33. The molecule has 4 nitrogen and oxygen atoms in total. The van der Waals surface area contributed by atoms with E-state index >= 15 is 0 Å². The summed E-state index contributed by atoms with van der Waals surface area (Å²) in [5.74, 6) is 0.120. The average Bonchev–Trinajstić information content (AvgIpc) is 2.47. The van der Waals surface area contributed by atoms with Gasteiger partial charge in [-0.2, -0.15) is 0 Å². The quantitative estimate of drug-likeness (QED) is 0.836. The van der Waals surface area contributed by atoms with Gasteiger partial charge in [0.05, 0.1) is 0 Å². The molecular formula is C15H23N3O. The van der Waals surface area contributed by atoms with Gasteiger partial charge >= 0.3 is 0 Å². The van der Waals surface area contributed by atoms with Gasteiger partial charge in [-0.25, -0.2) is 0 Å². The molecule has 0 aromatic heterocycles. The van der Waals surface area contributed by atoms with Crippen molar-refractivity contribution in [3.05, 3.63) is 35.9 Å². The van der Waals surface area contributed by atoms with Crippen LogP contribution in [-0.2, 0) is 4.79 Å². The van der Waals surface area contributed by atoms with Gasteiger partial charge in [-0.15, -0.1) is 0 Å². The van der Waals surface area contributed by atoms with Crippen LogP contribution in [0.5, 0.6) is 0 Å². The fourth-order valence-electron chi connectivity index (χ4n) is 2.45. The van der Waals surface area contributed by atoms with Crippen LogP contribution in [0.4, 0.5) is 0 Å². The Balaban J connectivity index is 2.14. The van der Waals surface area contributed by atoms with Gasteiger partial charge in [0, 0.05) is 32.7 Å². The van der Waals surface area contributed by atoms with Crippen molar-refractivity contribution in [1.82, 2.24) is 15.5 Å².